The highest BCUT2D eigenvalue weighted by Gasteiger charge is 2.21. The first kappa shape index (κ1) is 19.5. The van der Waals surface area contributed by atoms with E-state index in [-0.39, 0.29) is 5.91 Å². The standard InChI is InChI=1S/C24H16Cl2N4O/c1-13-21(23(31)30-24-28-19-8-4-5-9-20(19)29-24)16-6-2-3-7-18(16)27-22(13)15-11-10-14(25)12-17(15)26/h2-12H,1H3,(H2,28,29,30,31). The number of nitrogens with zero attached hydrogens (tertiary/aromatic N) is 2. The van der Waals surface area contributed by atoms with Crippen molar-refractivity contribution in [1.29, 1.82) is 0 Å². The van der Waals surface area contributed by atoms with Crippen LogP contribution in [0.15, 0.2) is 66.7 Å². The van der Waals surface area contributed by atoms with Crippen LogP contribution in [-0.4, -0.2) is 20.9 Å². The van der Waals surface area contributed by atoms with E-state index in [1.165, 1.54) is 0 Å². The van der Waals surface area contributed by atoms with Gasteiger partial charge < -0.3 is 4.98 Å². The lowest BCUT2D eigenvalue weighted by Gasteiger charge is -2.15. The number of aromatic nitrogens is 3. The summed E-state index contributed by atoms with van der Waals surface area (Å²) in [5.41, 5.74) is 4.92. The van der Waals surface area contributed by atoms with E-state index in [0.29, 0.717) is 38.3 Å². The maximum atomic E-state index is 13.4. The number of pyridine rings is 1. The van der Waals surface area contributed by atoms with Crippen LogP contribution in [0, 0.1) is 6.92 Å². The summed E-state index contributed by atoms with van der Waals surface area (Å²) in [6.45, 7) is 1.87. The third kappa shape index (κ3) is 3.52. The van der Waals surface area contributed by atoms with Gasteiger partial charge in [-0.3, -0.25) is 10.1 Å². The van der Waals surface area contributed by atoms with Crippen LogP contribution in [0.5, 0.6) is 0 Å². The van der Waals surface area contributed by atoms with Crippen LogP contribution in [-0.2, 0) is 0 Å². The predicted molar refractivity (Wildman–Crippen MR) is 126 cm³/mol. The first-order valence-corrected chi connectivity index (χ1v) is 10.4. The van der Waals surface area contributed by atoms with Crippen LogP contribution in [0.2, 0.25) is 10.0 Å². The van der Waals surface area contributed by atoms with E-state index in [9.17, 15) is 4.79 Å². The molecule has 3 aromatic carbocycles. The highest BCUT2D eigenvalue weighted by molar-refractivity contribution is 6.36. The van der Waals surface area contributed by atoms with Gasteiger partial charge in [-0.2, -0.15) is 0 Å². The molecule has 0 atom stereocenters. The van der Waals surface area contributed by atoms with Gasteiger partial charge in [-0.05, 0) is 48.9 Å². The number of anilines is 1. The summed E-state index contributed by atoms with van der Waals surface area (Å²) in [5, 5.41) is 4.66. The Hall–Kier alpha value is -3.41. The number of imidazole rings is 1. The zero-order chi connectivity index (χ0) is 21.5. The molecular weight excluding hydrogens is 431 g/mol. The SMILES string of the molecule is Cc1c(-c2ccc(Cl)cc2Cl)nc2ccccc2c1C(=O)Nc1nc2ccccc2[nH]1. The molecule has 5 aromatic rings. The molecule has 0 spiro atoms. The fourth-order valence-corrected chi connectivity index (χ4v) is 4.22. The fraction of sp³-hybridized carbons (Fsp3) is 0.0417. The lowest BCUT2D eigenvalue weighted by atomic mass is 9.97. The average Bonchev–Trinajstić information content (AvgIpc) is 3.15. The normalized spacial score (nSPS) is 11.2. The number of carbonyl (C=O) groups is 1. The Kier molecular flexibility index (Phi) is 4.85. The minimum absolute atomic E-state index is 0.276. The van der Waals surface area contributed by atoms with Crippen molar-refractivity contribution in [3.8, 4) is 11.3 Å². The summed E-state index contributed by atoms with van der Waals surface area (Å²) >= 11 is 12.5. The van der Waals surface area contributed by atoms with Crippen molar-refractivity contribution in [2.24, 2.45) is 0 Å². The fourth-order valence-electron chi connectivity index (χ4n) is 3.73. The molecule has 31 heavy (non-hydrogen) atoms. The van der Waals surface area contributed by atoms with E-state index >= 15 is 0 Å². The summed E-state index contributed by atoms with van der Waals surface area (Å²) in [7, 11) is 0. The number of carbonyl (C=O) groups excluding carboxylic acids is 1. The van der Waals surface area contributed by atoms with Crippen molar-refractivity contribution in [1.82, 2.24) is 15.0 Å². The van der Waals surface area contributed by atoms with Gasteiger partial charge in [0.05, 0.1) is 32.8 Å². The number of amides is 1. The van der Waals surface area contributed by atoms with Crippen LogP contribution in [0.4, 0.5) is 5.95 Å². The zero-order valence-electron chi connectivity index (χ0n) is 16.4. The van der Waals surface area contributed by atoms with Crippen molar-refractivity contribution in [3.63, 3.8) is 0 Å². The van der Waals surface area contributed by atoms with E-state index in [1.54, 1.807) is 12.1 Å². The Morgan fingerprint density at radius 1 is 0.935 bits per heavy atom. The van der Waals surface area contributed by atoms with Crippen LogP contribution in [0.25, 0.3) is 33.2 Å². The van der Waals surface area contributed by atoms with Gasteiger partial charge in [-0.1, -0.05) is 53.5 Å². The molecule has 1 amide bonds. The number of fused-ring (bicyclic) bond motifs is 2. The average molecular weight is 447 g/mol. The minimum atomic E-state index is -0.276. The number of hydrogen-bond donors (Lipinski definition) is 2. The number of para-hydroxylation sites is 3. The van der Waals surface area contributed by atoms with E-state index in [0.717, 1.165) is 22.0 Å². The molecule has 0 unspecified atom stereocenters. The largest absolute Gasteiger partial charge is 0.324 e. The summed E-state index contributed by atoms with van der Waals surface area (Å²) < 4.78 is 0. The Morgan fingerprint density at radius 3 is 2.45 bits per heavy atom. The summed E-state index contributed by atoms with van der Waals surface area (Å²) in [5.74, 6) is 0.110. The molecule has 0 aliphatic carbocycles. The summed E-state index contributed by atoms with van der Waals surface area (Å²) in [6, 6.07) is 20.4. The van der Waals surface area contributed by atoms with Gasteiger partial charge >= 0.3 is 0 Å². The molecule has 0 saturated heterocycles. The molecule has 0 aliphatic rings. The first-order valence-electron chi connectivity index (χ1n) is 9.62. The molecule has 2 aromatic heterocycles. The number of H-pyrrole nitrogens is 1. The lowest BCUT2D eigenvalue weighted by molar-refractivity contribution is 0.102. The Morgan fingerprint density at radius 2 is 1.68 bits per heavy atom. The number of rotatable bonds is 3. The molecule has 152 valence electrons. The number of hydrogen-bond acceptors (Lipinski definition) is 3. The molecule has 0 fully saturated rings. The van der Waals surface area contributed by atoms with Crippen molar-refractivity contribution >= 4 is 57.0 Å². The number of benzene rings is 3. The van der Waals surface area contributed by atoms with Gasteiger partial charge in [-0.15, -0.1) is 0 Å². The number of halogens is 2. The zero-order valence-corrected chi connectivity index (χ0v) is 17.9. The van der Waals surface area contributed by atoms with Crippen molar-refractivity contribution in [3.05, 3.63) is 87.9 Å². The number of nitrogens with one attached hydrogen (secondary N) is 2. The van der Waals surface area contributed by atoms with Crippen molar-refractivity contribution < 1.29 is 4.79 Å². The van der Waals surface area contributed by atoms with Gasteiger partial charge in [0.25, 0.3) is 5.91 Å². The molecule has 7 heteroatoms. The van der Waals surface area contributed by atoms with Gasteiger partial charge in [-0.25, -0.2) is 9.97 Å². The minimum Gasteiger partial charge on any atom is -0.324 e. The summed E-state index contributed by atoms with van der Waals surface area (Å²) in [4.78, 5) is 25.8. The van der Waals surface area contributed by atoms with Gasteiger partial charge in [0, 0.05) is 16.0 Å². The van der Waals surface area contributed by atoms with E-state index < -0.39 is 0 Å². The Balaban J connectivity index is 1.66. The molecule has 0 saturated carbocycles. The van der Waals surface area contributed by atoms with Crippen LogP contribution in [0.1, 0.15) is 15.9 Å². The van der Waals surface area contributed by atoms with Crippen LogP contribution in [0.3, 0.4) is 0 Å². The Labute approximate surface area is 188 Å². The smallest absolute Gasteiger partial charge is 0.259 e. The molecule has 5 nitrogen and oxygen atoms in total. The van der Waals surface area contributed by atoms with E-state index in [2.05, 4.69) is 15.3 Å². The highest BCUT2D eigenvalue weighted by Crippen LogP contribution is 2.35. The molecule has 0 radical (unpaired) electrons. The summed E-state index contributed by atoms with van der Waals surface area (Å²) in [6.07, 6.45) is 0. The second-order valence-electron chi connectivity index (χ2n) is 7.16. The van der Waals surface area contributed by atoms with Crippen LogP contribution < -0.4 is 5.32 Å². The maximum absolute atomic E-state index is 13.4. The highest BCUT2D eigenvalue weighted by atomic mass is 35.5. The molecular formula is C24H16Cl2N4O. The molecule has 2 heterocycles. The van der Waals surface area contributed by atoms with Gasteiger partial charge in [0.15, 0.2) is 0 Å². The van der Waals surface area contributed by atoms with Crippen LogP contribution >= 0.6 is 23.2 Å². The quantitative estimate of drug-likeness (QED) is 0.326. The van der Waals surface area contributed by atoms with E-state index in [1.807, 2.05) is 61.5 Å². The lowest BCUT2D eigenvalue weighted by Crippen LogP contribution is -2.16. The van der Waals surface area contributed by atoms with E-state index in [4.69, 9.17) is 28.2 Å². The second kappa shape index (κ2) is 7.69. The third-order valence-corrected chi connectivity index (χ3v) is 5.72. The van der Waals surface area contributed by atoms with Gasteiger partial charge in [0.1, 0.15) is 0 Å². The monoisotopic (exact) mass is 446 g/mol. The molecule has 2 N–H and O–H groups in total. The second-order valence-corrected chi connectivity index (χ2v) is 8.00. The molecule has 0 bridgehead atoms. The van der Waals surface area contributed by atoms with Crippen molar-refractivity contribution in [2.75, 3.05) is 5.32 Å². The first-order chi connectivity index (χ1) is 15.0. The topological polar surface area (TPSA) is 70.7 Å². The van der Waals surface area contributed by atoms with Gasteiger partial charge in [0.2, 0.25) is 5.95 Å². The molecule has 5 rings (SSSR count). The van der Waals surface area contributed by atoms with Crippen molar-refractivity contribution in [2.45, 2.75) is 6.92 Å². The number of aromatic amines is 1. The Bertz CT molecular complexity index is 1440. The predicted octanol–water partition coefficient (Wildman–Crippen LogP) is 6.65. The third-order valence-electron chi connectivity index (χ3n) is 5.17. The molecule has 0 aliphatic heterocycles. The maximum Gasteiger partial charge on any atom is 0.259 e.